The lowest BCUT2D eigenvalue weighted by atomic mass is 9.65. The SMILES string of the molecule is C=C/C=C(\C=C/C)C1CCC1/C(C=C)=C/C(CCc1c(C)cccc1F)=C(\C)N.C=CC. The van der Waals surface area contributed by atoms with Crippen molar-refractivity contribution in [2.75, 3.05) is 0 Å². The average Bonchev–Trinajstić information content (AvgIpc) is 2.71. The lowest BCUT2D eigenvalue weighted by molar-refractivity contribution is 0.264. The summed E-state index contributed by atoms with van der Waals surface area (Å²) in [6.45, 7) is 19.1. The highest BCUT2D eigenvalue weighted by Crippen LogP contribution is 2.45. The highest BCUT2D eigenvalue weighted by Gasteiger charge is 2.34. The van der Waals surface area contributed by atoms with E-state index in [9.17, 15) is 4.39 Å². The van der Waals surface area contributed by atoms with Crippen molar-refractivity contribution in [2.45, 2.75) is 53.4 Å². The Bertz CT molecular complexity index is 887. The van der Waals surface area contributed by atoms with Gasteiger partial charge in [0.05, 0.1) is 0 Å². The fraction of sp³-hybridized carbons (Fsp3) is 0.333. The molecule has 1 aromatic carbocycles. The van der Waals surface area contributed by atoms with Crippen LogP contribution in [0.25, 0.3) is 0 Å². The van der Waals surface area contributed by atoms with Gasteiger partial charge < -0.3 is 5.73 Å². The largest absolute Gasteiger partial charge is 0.402 e. The van der Waals surface area contributed by atoms with Crippen molar-refractivity contribution in [3.63, 3.8) is 0 Å². The fourth-order valence-corrected chi connectivity index (χ4v) is 4.07. The molecular formula is C30H40FN. The molecule has 0 bridgehead atoms. The smallest absolute Gasteiger partial charge is 0.126 e. The Hall–Kier alpha value is -2.87. The van der Waals surface area contributed by atoms with Gasteiger partial charge in [0.1, 0.15) is 5.82 Å². The Balaban J connectivity index is 0.00000161. The lowest BCUT2D eigenvalue weighted by Crippen LogP contribution is -2.28. The highest BCUT2D eigenvalue weighted by molar-refractivity contribution is 5.39. The van der Waals surface area contributed by atoms with Gasteiger partial charge in [-0.3, -0.25) is 0 Å². The van der Waals surface area contributed by atoms with Crippen molar-refractivity contribution in [3.8, 4) is 0 Å². The monoisotopic (exact) mass is 433 g/mol. The number of halogens is 1. The third-order valence-electron chi connectivity index (χ3n) is 5.88. The lowest BCUT2D eigenvalue weighted by Gasteiger charge is -2.39. The Morgan fingerprint density at radius 1 is 1.12 bits per heavy atom. The molecule has 0 spiro atoms. The first-order valence-corrected chi connectivity index (χ1v) is 11.4. The zero-order chi connectivity index (χ0) is 24.1. The van der Waals surface area contributed by atoms with Crippen molar-refractivity contribution >= 4 is 0 Å². The Kier molecular flexibility index (Phi) is 12.1. The normalized spacial score (nSPS) is 19.4. The quantitative estimate of drug-likeness (QED) is 0.307. The summed E-state index contributed by atoms with van der Waals surface area (Å²) in [5, 5.41) is 0. The minimum Gasteiger partial charge on any atom is -0.402 e. The zero-order valence-corrected chi connectivity index (χ0v) is 20.3. The molecule has 1 aliphatic carbocycles. The van der Waals surface area contributed by atoms with Crippen LogP contribution >= 0.6 is 0 Å². The van der Waals surface area contributed by atoms with Crippen molar-refractivity contribution in [2.24, 2.45) is 17.6 Å². The first-order valence-electron chi connectivity index (χ1n) is 11.4. The maximum absolute atomic E-state index is 14.2. The van der Waals surface area contributed by atoms with Gasteiger partial charge >= 0.3 is 0 Å². The highest BCUT2D eigenvalue weighted by atomic mass is 19.1. The van der Waals surface area contributed by atoms with Gasteiger partial charge in [-0.25, -0.2) is 4.39 Å². The van der Waals surface area contributed by atoms with Gasteiger partial charge in [-0.2, -0.15) is 0 Å². The summed E-state index contributed by atoms with van der Waals surface area (Å²) in [4.78, 5) is 0. The number of benzene rings is 1. The van der Waals surface area contributed by atoms with E-state index in [1.807, 2.05) is 45.9 Å². The first-order chi connectivity index (χ1) is 15.3. The van der Waals surface area contributed by atoms with Gasteiger partial charge in [0, 0.05) is 5.70 Å². The van der Waals surface area contributed by atoms with E-state index in [2.05, 4.69) is 44.0 Å². The number of nitrogens with two attached hydrogens (primary N) is 1. The summed E-state index contributed by atoms with van der Waals surface area (Å²) in [5.74, 6) is 0.762. The summed E-state index contributed by atoms with van der Waals surface area (Å²) in [6, 6.07) is 5.24. The summed E-state index contributed by atoms with van der Waals surface area (Å²) >= 11 is 0. The number of hydrogen-bond donors (Lipinski definition) is 1. The van der Waals surface area contributed by atoms with Crippen LogP contribution in [-0.2, 0) is 6.42 Å². The van der Waals surface area contributed by atoms with Crippen molar-refractivity contribution in [1.82, 2.24) is 0 Å². The molecule has 172 valence electrons. The van der Waals surface area contributed by atoms with E-state index in [1.54, 1.807) is 12.1 Å². The topological polar surface area (TPSA) is 26.0 Å². The van der Waals surface area contributed by atoms with E-state index >= 15 is 0 Å². The molecule has 1 fully saturated rings. The van der Waals surface area contributed by atoms with Gasteiger partial charge in [-0.1, -0.05) is 67.8 Å². The van der Waals surface area contributed by atoms with E-state index in [4.69, 9.17) is 5.73 Å². The zero-order valence-electron chi connectivity index (χ0n) is 20.3. The molecule has 2 heteroatoms. The molecule has 0 heterocycles. The van der Waals surface area contributed by atoms with Crippen LogP contribution in [0.4, 0.5) is 4.39 Å². The van der Waals surface area contributed by atoms with Gasteiger partial charge in [0.25, 0.3) is 0 Å². The van der Waals surface area contributed by atoms with Crippen LogP contribution in [-0.4, -0.2) is 0 Å². The van der Waals surface area contributed by atoms with E-state index < -0.39 is 0 Å². The van der Waals surface area contributed by atoms with Gasteiger partial charge in [0.15, 0.2) is 0 Å². The molecule has 2 unspecified atom stereocenters. The Morgan fingerprint density at radius 2 is 1.75 bits per heavy atom. The predicted octanol–water partition coefficient (Wildman–Crippen LogP) is 8.32. The standard InChI is InChI=1S/C27H34FN.C3H6/c1-6-10-22(11-7-2)26-17-16-25(26)21(8-3)18-23(20(5)29)14-15-24-19(4)12-9-13-27(24)28;1-3-2/h6-13,18,25-26H,1,3,14-17,29H2,2,4-5H3;3H,1H2,2H3/b11-7-,21-18+,22-10+,23-20+;. The third kappa shape index (κ3) is 7.67. The Labute approximate surface area is 195 Å². The molecule has 1 nitrogen and oxygen atoms in total. The predicted molar refractivity (Wildman–Crippen MR) is 140 cm³/mol. The van der Waals surface area contributed by atoms with Crippen LogP contribution < -0.4 is 5.73 Å². The average molecular weight is 434 g/mol. The molecule has 0 radical (unpaired) electrons. The number of rotatable bonds is 9. The molecule has 0 aliphatic heterocycles. The van der Waals surface area contributed by atoms with Gasteiger partial charge in [-0.15, -0.1) is 6.58 Å². The van der Waals surface area contributed by atoms with Crippen LogP contribution in [0.2, 0.25) is 0 Å². The molecule has 2 N–H and O–H groups in total. The van der Waals surface area contributed by atoms with Crippen LogP contribution in [0.15, 0.2) is 103 Å². The van der Waals surface area contributed by atoms with Crippen LogP contribution in [0.5, 0.6) is 0 Å². The molecule has 0 saturated heterocycles. The molecule has 1 aliphatic rings. The molecule has 32 heavy (non-hydrogen) atoms. The number of aryl methyl sites for hydroxylation is 1. The molecule has 2 atom stereocenters. The molecule has 0 amide bonds. The van der Waals surface area contributed by atoms with Gasteiger partial charge in [0.2, 0.25) is 0 Å². The van der Waals surface area contributed by atoms with Crippen LogP contribution in [0.3, 0.4) is 0 Å². The number of hydrogen-bond acceptors (Lipinski definition) is 1. The molecule has 1 aromatic rings. The van der Waals surface area contributed by atoms with Gasteiger partial charge in [-0.05, 0) is 99.1 Å². The summed E-state index contributed by atoms with van der Waals surface area (Å²) in [7, 11) is 0. The van der Waals surface area contributed by atoms with Crippen molar-refractivity contribution in [3.05, 3.63) is 120 Å². The minimum atomic E-state index is -0.142. The second kappa shape index (κ2) is 14.2. The first kappa shape index (κ1) is 27.2. The molecular weight excluding hydrogens is 393 g/mol. The Morgan fingerprint density at radius 3 is 2.22 bits per heavy atom. The summed E-state index contributed by atoms with van der Waals surface area (Å²) in [5.41, 5.74) is 12.3. The molecule has 0 aromatic heterocycles. The van der Waals surface area contributed by atoms with Crippen LogP contribution in [0, 0.1) is 24.6 Å². The van der Waals surface area contributed by atoms with E-state index in [0.717, 1.165) is 35.2 Å². The van der Waals surface area contributed by atoms with Crippen LogP contribution in [0.1, 0.15) is 51.2 Å². The molecule has 1 saturated carbocycles. The second-order valence-corrected chi connectivity index (χ2v) is 8.19. The summed E-state index contributed by atoms with van der Waals surface area (Å²) in [6.07, 6.45) is 17.7. The maximum Gasteiger partial charge on any atom is 0.126 e. The van der Waals surface area contributed by atoms with Crippen molar-refractivity contribution < 1.29 is 4.39 Å². The fourth-order valence-electron chi connectivity index (χ4n) is 4.07. The van der Waals surface area contributed by atoms with E-state index in [1.165, 1.54) is 17.2 Å². The van der Waals surface area contributed by atoms with E-state index in [-0.39, 0.29) is 5.82 Å². The molecule has 2 rings (SSSR count). The maximum atomic E-state index is 14.2. The number of allylic oxidation sites excluding steroid dienone is 11. The third-order valence-corrected chi connectivity index (χ3v) is 5.88. The second-order valence-electron chi connectivity index (χ2n) is 8.19. The van der Waals surface area contributed by atoms with E-state index in [0.29, 0.717) is 24.7 Å². The minimum absolute atomic E-state index is 0.142. The van der Waals surface area contributed by atoms with Crippen molar-refractivity contribution in [1.29, 1.82) is 0 Å². The summed E-state index contributed by atoms with van der Waals surface area (Å²) < 4.78 is 14.2.